The Morgan fingerprint density at radius 2 is 1.73 bits per heavy atom. The van der Waals surface area contributed by atoms with Gasteiger partial charge in [-0.05, 0) is 57.2 Å². The Morgan fingerprint density at radius 3 is 2.27 bits per heavy atom. The highest BCUT2D eigenvalue weighted by Gasteiger charge is 2.45. The van der Waals surface area contributed by atoms with Gasteiger partial charge < -0.3 is 10.1 Å². The molecule has 1 aromatic carbocycles. The zero-order valence-electron chi connectivity index (χ0n) is 21.7. The second kappa shape index (κ2) is 7.75. The van der Waals surface area contributed by atoms with E-state index in [1.807, 2.05) is 19.1 Å². The number of hydrogen-bond acceptors (Lipinski definition) is 4. The number of hydrogen-bond donors (Lipinski definition) is 1. The van der Waals surface area contributed by atoms with Crippen LogP contribution in [0, 0.1) is 5.41 Å². The molecule has 1 aliphatic carbocycles. The third-order valence-corrected chi connectivity index (χ3v) is 6.56. The van der Waals surface area contributed by atoms with Crippen LogP contribution in [0.3, 0.4) is 0 Å². The first-order chi connectivity index (χ1) is 15.2. The number of ketones is 1. The zero-order chi connectivity index (χ0) is 24.3. The van der Waals surface area contributed by atoms with Gasteiger partial charge in [0.05, 0.1) is 17.8 Å². The Hall–Kier alpha value is -2.56. The minimum absolute atomic E-state index is 0.0662. The van der Waals surface area contributed by atoms with E-state index in [9.17, 15) is 4.79 Å². The van der Waals surface area contributed by atoms with Gasteiger partial charge in [-0.25, -0.2) is 4.68 Å². The lowest BCUT2D eigenvalue weighted by Gasteiger charge is -2.40. The van der Waals surface area contributed by atoms with Gasteiger partial charge in [0.2, 0.25) is 0 Å². The lowest BCUT2D eigenvalue weighted by Crippen LogP contribution is -2.35. The summed E-state index contributed by atoms with van der Waals surface area (Å²) in [6.07, 6.45) is 1.41. The molecule has 33 heavy (non-hydrogen) atoms. The largest absolute Gasteiger partial charge is 0.494 e. The number of Topliss-reactive ketones (excluding diaryl/α,β-unsaturated/α-hetero) is 1. The van der Waals surface area contributed by atoms with Crippen LogP contribution >= 0.6 is 0 Å². The standard InChI is InChI=1S/C28H39N3O2/c1-10-33-18-13-11-17(12-14-18)21-22-19(15-28(8,9)16-20(22)32)29-25-23(21)24(26(2,3)4)30-31(25)27(5,6)7/h11-14,21,29H,10,15-16H2,1-9H3. The minimum atomic E-state index is -0.198. The number of nitrogens with zero attached hydrogens (tertiary/aromatic N) is 2. The summed E-state index contributed by atoms with van der Waals surface area (Å²) in [7, 11) is 0. The summed E-state index contributed by atoms with van der Waals surface area (Å²) in [5, 5.41) is 8.89. The Labute approximate surface area is 198 Å². The van der Waals surface area contributed by atoms with E-state index in [4.69, 9.17) is 9.84 Å². The molecule has 0 spiro atoms. The second-order valence-corrected chi connectivity index (χ2v) is 12.3. The molecule has 5 nitrogen and oxygen atoms in total. The molecule has 0 fully saturated rings. The van der Waals surface area contributed by atoms with Gasteiger partial charge in [0.25, 0.3) is 0 Å². The van der Waals surface area contributed by atoms with E-state index < -0.39 is 0 Å². The Morgan fingerprint density at radius 1 is 1.09 bits per heavy atom. The van der Waals surface area contributed by atoms with Crippen molar-refractivity contribution in [1.82, 2.24) is 9.78 Å². The van der Waals surface area contributed by atoms with Gasteiger partial charge >= 0.3 is 0 Å². The van der Waals surface area contributed by atoms with Crippen LogP contribution in [0.2, 0.25) is 0 Å². The van der Waals surface area contributed by atoms with Crippen molar-refractivity contribution in [3.05, 3.63) is 52.4 Å². The first-order valence-electron chi connectivity index (χ1n) is 12.1. The number of anilines is 1. The van der Waals surface area contributed by atoms with Crippen LogP contribution in [-0.2, 0) is 15.7 Å². The number of benzene rings is 1. The highest BCUT2D eigenvalue weighted by Crippen LogP contribution is 2.52. The molecule has 2 heterocycles. The fraction of sp³-hybridized carbons (Fsp3) is 0.571. The maximum absolute atomic E-state index is 13.6. The number of ether oxygens (including phenoxy) is 1. The van der Waals surface area contributed by atoms with E-state index in [1.54, 1.807) is 0 Å². The van der Waals surface area contributed by atoms with Crippen LogP contribution in [0.15, 0.2) is 35.5 Å². The number of carbonyl (C=O) groups is 1. The number of allylic oxidation sites excluding steroid dienone is 2. The first-order valence-corrected chi connectivity index (χ1v) is 12.1. The van der Waals surface area contributed by atoms with E-state index in [-0.39, 0.29) is 28.1 Å². The van der Waals surface area contributed by atoms with Crippen molar-refractivity contribution < 1.29 is 9.53 Å². The molecule has 1 unspecified atom stereocenters. The van der Waals surface area contributed by atoms with Crippen LogP contribution in [0.5, 0.6) is 5.75 Å². The van der Waals surface area contributed by atoms with Gasteiger partial charge in [0, 0.05) is 34.6 Å². The van der Waals surface area contributed by atoms with Crippen LogP contribution in [0.25, 0.3) is 0 Å². The quantitative estimate of drug-likeness (QED) is 0.578. The van der Waals surface area contributed by atoms with E-state index >= 15 is 0 Å². The third-order valence-electron chi connectivity index (χ3n) is 6.56. The van der Waals surface area contributed by atoms with Gasteiger partial charge in [-0.1, -0.05) is 46.8 Å². The smallest absolute Gasteiger partial charge is 0.162 e. The molecule has 4 rings (SSSR count). The van der Waals surface area contributed by atoms with Crippen LogP contribution in [-0.4, -0.2) is 22.2 Å². The molecule has 0 radical (unpaired) electrons. The predicted octanol–water partition coefficient (Wildman–Crippen LogP) is 6.53. The molecule has 1 aliphatic heterocycles. The lowest BCUT2D eigenvalue weighted by atomic mass is 9.68. The summed E-state index contributed by atoms with van der Waals surface area (Å²) in [6.45, 7) is 20.1. The Kier molecular flexibility index (Phi) is 5.54. The molecule has 1 atom stereocenters. The molecule has 0 bridgehead atoms. The summed E-state index contributed by atoms with van der Waals surface area (Å²) in [6, 6.07) is 8.26. The molecule has 178 valence electrons. The Balaban J connectivity index is 2.01. The summed E-state index contributed by atoms with van der Waals surface area (Å²) in [5.74, 6) is 1.97. The molecule has 0 saturated carbocycles. The number of aromatic nitrogens is 2. The highest BCUT2D eigenvalue weighted by atomic mass is 16.5. The van der Waals surface area contributed by atoms with Gasteiger partial charge in [-0.2, -0.15) is 5.10 Å². The van der Waals surface area contributed by atoms with Crippen LogP contribution in [0.4, 0.5) is 5.82 Å². The molecule has 2 aromatic rings. The lowest BCUT2D eigenvalue weighted by molar-refractivity contribution is -0.118. The fourth-order valence-electron chi connectivity index (χ4n) is 5.19. The van der Waals surface area contributed by atoms with E-state index in [0.29, 0.717) is 13.0 Å². The first kappa shape index (κ1) is 23.6. The molecular formula is C28H39N3O2. The molecular weight excluding hydrogens is 410 g/mol. The number of rotatable bonds is 3. The molecule has 0 saturated heterocycles. The monoisotopic (exact) mass is 449 g/mol. The summed E-state index contributed by atoms with van der Waals surface area (Å²) in [5.41, 5.74) is 4.82. The van der Waals surface area contributed by atoms with Crippen molar-refractivity contribution in [3.8, 4) is 5.75 Å². The molecule has 1 aromatic heterocycles. The van der Waals surface area contributed by atoms with Gasteiger partial charge in [0.1, 0.15) is 11.6 Å². The minimum Gasteiger partial charge on any atom is -0.494 e. The number of fused-ring (bicyclic) bond motifs is 1. The SMILES string of the molecule is CCOc1ccc(C2C3=C(CC(C)(C)CC3=O)Nc3c2c(C(C)(C)C)nn3C(C)(C)C)cc1. The van der Waals surface area contributed by atoms with Crippen molar-refractivity contribution in [3.63, 3.8) is 0 Å². The molecule has 2 aliphatic rings. The van der Waals surface area contributed by atoms with E-state index in [2.05, 4.69) is 77.5 Å². The predicted molar refractivity (Wildman–Crippen MR) is 134 cm³/mol. The zero-order valence-corrected chi connectivity index (χ0v) is 21.7. The molecule has 5 heteroatoms. The van der Waals surface area contributed by atoms with Crippen molar-refractivity contribution in [2.45, 2.75) is 92.0 Å². The van der Waals surface area contributed by atoms with Crippen LogP contribution in [0.1, 0.15) is 97.9 Å². The van der Waals surface area contributed by atoms with Crippen molar-refractivity contribution in [2.75, 3.05) is 11.9 Å². The number of nitrogens with one attached hydrogen (secondary N) is 1. The third kappa shape index (κ3) is 4.22. The van der Waals surface area contributed by atoms with E-state index in [0.717, 1.165) is 46.1 Å². The van der Waals surface area contributed by atoms with Crippen LogP contribution < -0.4 is 10.1 Å². The van der Waals surface area contributed by atoms with Gasteiger partial charge in [-0.15, -0.1) is 0 Å². The second-order valence-electron chi connectivity index (χ2n) is 12.3. The molecule has 0 amide bonds. The maximum Gasteiger partial charge on any atom is 0.162 e. The maximum atomic E-state index is 13.6. The Bertz CT molecular complexity index is 1110. The van der Waals surface area contributed by atoms with Gasteiger partial charge in [-0.3, -0.25) is 4.79 Å². The number of carbonyl (C=O) groups excluding carboxylic acids is 1. The van der Waals surface area contributed by atoms with Crippen molar-refractivity contribution in [2.24, 2.45) is 5.41 Å². The summed E-state index contributed by atoms with van der Waals surface area (Å²) < 4.78 is 7.82. The van der Waals surface area contributed by atoms with Crippen molar-refractivity contribution >= 4 is 11.6 Å². The summed E-state index contributed by atoms with van der Waals surface area (Å²) in [4.78, 5) is 13.6. The summed E-state index contributed by atoms with van der Waals surface area (Å²) >= 11 is 0. The average Bonchev–Trinajstić information content (AvgIpc) is 3.06. The molecule has 1 N–H and O–H groups in total. The normalized spacial score (nSPS) is 20.3. The topological polar surface area (TPSA) is 56.1 Å². The van der Waals surface area contributed by atoms with Crippen molar-refractivity contribution in [1.29, 1.82) is 0 Å². The average molecular weight is 450 g/mol. The van der Waals surface area contributed by atoms with Gasteiger partial charge in [0.15, 0.2) is 5.78 Å². The van der Waals surface area contributed by atoms with E-state index in [1.165, 1.54) is 0 Å². The fourth-order valence-corrected chi connectivity index (χ4v) is 5.19. The highest BCUT2D eigenvalue weighted by molar-refractivity contribution is 6.01.